The number of nitrogens with zero attached hydrogens (tertiary/aromatic N) is 3. The molecule has 1 amide bonds. The molecule has 5 rings (SSSR count). The number of aromatic amines is 1. The molecule has 1 saturated heterocycles. The van der Waals surface area contributed by atoms with Crippen LogP contribution >= 0.6 is 0 Å². The number of fused-ring (bicyclic) bond motifs is 3. The minimum absolute atomic E-state index is 0.158. The highest BCUT2D eigenvalue weighted by molar-refractivity contribution is 5.99. The van der Waals surface area contributed by atoms with Crippen molar-refractivity contribution in [2.24, 2.45) is 0 Å². The van der Waals surface area contributed by atoms with Gasteiger partial charge >= 0.3 is 0 Å². The van der Waals surface area contributed by atoms with Gasteiger partial charge in [-0.25, -0.2) is 0 Å². The first-order valence-electron chi connectivity index (χ1n) is 10.3. The number of benzene rings is 1. The highest BCUT2D eigenvalue weighted by atomic mass is 16.2. The van der Waals surface area contributed by atoms with Gasteiger partial charge in [-0.15, -0.1) is 0 Å². The monoisotopic (exact) mass is 374 g/mol. The van der Waals surface area contributed by atoms with E-state index in [0.717, 1.165) is 56.8 Å². The molecule has 28 heavy (non-hydrogen) atoms. The molecule has 1 N–H and O–H groups in total. The van der Waals surface area contributed by atoms with Crippen LogP contribution in [0.4, 0.5) is 0 Å². The minimum Gasteiger partial charge on any atom is -0.358 e. The van der Waals surface area contributed by atoms with Gasteiger partial charge in [0.1, 0.15) is 0 Å². The number of hydrogen-bond acceptors (Lipinski definition) is 3. The Morgan fingerprint density at radius 3 is 2.71 bits per heavy atom. The number of nitrogens with one attached hydrogen (secondary N) is 1. The van der Waals surface area contributed by atoms with Crippen LogP contribution < -0.4 is 0 Å². The topological polar surface area (TPSA) is 52.2 Å². The first kappa shape index (κ1) is 17.4. The summed E-state index contributed by atoms with van der Waals surface area (Å²) in [7, 11) is 0. The predicted molar refractivity (Wildman–Crippen MR) is 110 cm³/mol. The molecule has 5 heteroatoms. The van der Waals surface area contributed by atoms with E-state index in [1.165, 1.54) is 35.0 Å². The molecule has 1 aliphatic carbocycles. The molecule has 1 aliphatic heterocycles. The Kier molecular flexibility index (Phi) is 4.61. The summed E-state index contributed by atoms with van der Waals surface area (Å²) in [5.41, 5.74) is 5.87. The van der Waals surface area contributed by atoms with Crippen molar-refractivity contribution in [1.29, 1.82) is 0 Å². The summed E-state index contributed by atoms with van der Waals surface area (Å²) >= 11 is 0. The van der Waals surface area contributed by atoms with E-state index in [2.05, 4.69) is 33.1 Å². The molecule has 0 bridgehead atoms. The fourth-order valence-electron chi connectivity index (χ4n) is 4.55. The number of carbonyl (C=O) groups excluding carboxylic acids is 1. The molecule has 0 unspecified atom stereocenters. The van der Waals surface area contributed by atoms with Gasteiger partial charge in [-0.3, -0.25) is 14.7 Å². The average Bonchev–Trinajstić information content (AvgIpc) is 3.12. The number of rotatable bonds is 3. The van der Waals surface area contributed by atoms with Gasteiger partial charge in [0, 0.05) is 61.1 Å². The van der Waals surface area contributed by atoms with Gasteiger partial charge in [0.2, 0.25) is 0 Å². The minimum atomic E-state index is 0.158. The number of hydrogen-bond donors (Lipinski definition) is 1. The number of aryl methyl sites for hydroxylation is 2. The number of amides is 1. The highest BCUT2D eigenvalue weighted by Crippen LogP contribution is 2.30. The van der Waals surface area contributed by atoms with Gasteiger partial charge < -0.3 is 9.88 Å². The summed E-state index contributed by atoms with van der Waals surface area (Å²) in [6.07, 6.45) is 6.60. The fourth-order valence-corrected chi connectivity index (χ4v) is 4.55. The summed E-state index contributed by atoms with van der Waals surface area (Å²) in [6.45, 7) is 4.18. The van der Waals surface area contributed by atoms with Gasteiger partial charge in [-0.05, 0) is 61.6 Å². The molecule has 3 aromatic rings. The summed E-state index contributed by atoms with van der Waals surface area (Å²) in [4.78, 5) is 25.4. The number of pyridine rings is 1. The lowest BCUT2D eigenvalue weighted by Crippen LogP contribution is -2.48. The fraction of sp³-hybridized carbons (Fsp3) is 0.391. The van der Waals surface area contributed by atoms with Gasteiger partial charge in [0.15, 0.2) is 0 Å². The lowest BCUT2D eigenvalue weighted by Gasteiger charge is -2.34. The van der Waals surface area contributed by atoms with Gasteiger partial charge in [-0.2, -0.15) is 0 Å². The Balaban J connectivity index is 1.28. The van der Waals surface area contributed by atoms with Gasteiger partial charge in [-0.1, -0.05) is 6.07 Å². The Labute approximate surface area is 165 Å². The van der Waals surface area contributed by atoms with E-state index in [9.17, 15) is 4.79 Å². The maximum absolute atomic E-state index is 13.1. The summed E-state index contributed by atoms with van der Waals surface area (Å²) in [5.74, 6) is 0.158. The van der Waals surface area contributed by atoms with Crippen LogP contribution in [-0.4, -0.2) is 51.9 Å². The Bertz CT molecular complexity index is 987. The molecule has 0 radical (unpaired) electrons. The van der Waals surface area contributed by atoms with E-state index in [-0.39, 0.29) is 5.91 Å². The van der Waals surface area contributed by atoms with Crippen LogP contribution in [-0.2, 0) is 19.4 Å². The van der Waals surface area contributed by atoms with E-state index >= 15 is 0 Å². The molecule has 3 heterocycles. The van der Waals surface area contributed by atoms with Crippen LogP contribution in [0, 0.1) is 0 Å². The number of aromatic nitrogens is 2. The van der Waals surface area contributed by atoms with Crippen LogP contribution in [0.1, 0.15) is 40.2 Å². The van der Waals surface area contributed by atoms with E-state index < -0.39 is 0 Å². The van der Waals surface area contributed by atoms with Crippen molar-refractivity contribution in [3.63, 3.8) is 0 Å². The van der Waals surface area contributed by atoms with E-state index in [0.29, 0.717) is 0 Å². The first-order valence-corrected chi connectivity index (χ1v) is 10.3. The molecule has 0 atom stereocenters. The van der Waals surface area contributed by atoms with Crippen LogP contribution in [0.2, 0.25) is 0 Å². The molecular formula is C23H26N4O. The van der Waals surface area contributed by atoms with Crippen molar-refractivity contribution < 1.29 is 4.79 Å². The third-order valence-electron chi connectivity index (χ3n) is 6.12. The maximum atomic E-state index is 13.1. The van der Waals surface area contributed by atoms with Crippen molar-refractivity contribution >= 4 is 16.8 Å². The second-order valence-electron chi connectivity index (χ2n) is 7.94. The van der Waals surface area contributed by atoms with Crippen LogP contribution in [0.15, 0.2) is 42.6 Å². The van der Waals surface area contributed by atoms with Crippen LogP contribution in [0.25, 0.3) is 10.9 Å². The van der Waals surface area contributed by atoms with Crippen LogP contribution in [0.5, 0.6) is 0 Å². The van der Waals surface area contributed by atoms with Gasteiger partial charge in [0.25, 0.3) is 5.91 Å². The summed E-state index contributed by atoms with van der Waals surface area (Å²) < 4.78 is 0. The van der Waals surface area contributed by atoms with E-state index in [4.69, 9.17) is 0 Å². The third-order valence-corrected chi connectivity index (χ3v) is 6.12. The van der Waals surface area contributed by atoms with Gasteiger partial charge in [0.05, 0.1) is 5.69 Å². The van der Waals surface area contributed by atoms with Crippen molar-refractivity contribution in [2.75, 3.05) is 26.2 Å². The zero-order valence-corrected chi connectivity index (χ0v) is 16.2. The largest absolute Gasteiger partial charge is 0.358 e. The molecule has 1 aromatic carbocycles. The zero-order chi connectivity index (χ0) is 18.9. The molecule has 144 valence electrons. The van der Waals surface area contributed by atoms with Crippen molar-refractivity contribution in [3.8, 4) is 0 Å². The van der Waals surface area contributed by atoms with Crippen LogP contribution in [0.3, 0.4) is 0 Å². The Morgan fingerprint density at radius 1 is 1.04 bits per heavy atom. The second-order valence-corrected chi connectivity index (χ2v) is 7.94. The normalized spacial score (nSPS) is 17.6. The first-order chi connectivity index (χ1) is 13.8. The number of piperazine rings is 1. The molecular weight excluding hydrogens is 348 g/mol. The molecule has 5 nitrogen and oxygen atoms in total. The smallest absolute Gasteiger partial charge is 0.253 e. The van der Waals surface area contributed by atoms with Crippen molar-refractivity contribution in [2.45, 2.75) is 32.2 Å². The van der Waals surface area contributed by atoms with E-state index in [1.54, 1.807) is 0 Å². The Morgan fingerprint density at radius 2 is 1.89 bits per heavy atom. The predicted octanol–water partition coefficient (Wildman–Crippen LogP) is 3.40. The molecule has 0 spiro atoms. The standard InChI is InChI=1S/C23H26N4O/c28-23(27-13-11-26(12-14-27)16-18-5-3-4-10-24-18)17-8-9-22-20(15-17)19-6-1-2-7-21(19)25-22/h3-5,8-10,15,25H,1-2,6-7,11-14,16H2. The Hall–Kier alpha value is -2.66. The van der Waals surface area contributed by atoms with E-state index in [1.807, 2.05) is 29.3 Å². The lowest BCUT2D eigenvalue weighted by molar-refractivity contribution is 0.0627. The summed E-state index contributed by atoms with van der Waals surface area (Å²) in [6, 6.07) is 12.2. The summed E-state index contributed by atoms with van der Waals surface area (Å²) in [5, 5.41) is 1.24. The zero-order valence-electron chi connectivity index (χ0n) is 16.2. The van der Waals surface area contributed by atoms with Crippen molar-refractivity contribution in [3.05, 3.63) is 65.1 Å². The molecule has 1 fully saturated rings. The molecule has 2 aliphatic rings. The maximum Gasteiger partial charge on any atom is 0.253 e. The average molecular weight is 374 g/mol. The van der Waals surface area contributed by atoms with Crippen molar-refractivity contribution in [1.82, 2.24) is 19.8 Å². The SMILES string of the molecule is O=C(c1ccc2[nH]c3c(c2c1)CCCC3)N1CCN(Cc2ccccn2)CC1. The molecule has 2 aromatic heterocycles. The lowest BCUT2D eigenvalue weighted by atomic mass is 9.95. The quantitative estimate of drug-likeness (QED) is 0.764. The number of H-pyrrole nitrogens is 1. The number of carbonyl (C=O) groups is 1. The highest BCUT2D eigenvalue weighted by Gasteiger charge is 2.23. The second kappa shape index (κ2) is 7.40. The third kappa shape index (κ3) is 3.31. The molecule has 0 saturated carbocycles.